The summed E-state index contributed by atoms with van der Waals surface area (Å²) in [5.41, 5.74) is 14.4. The van der Waals surface area contributed by atoms with E-state index in [1.807, 2.05) is 0 Å². The first-order valence-electron chi connectivity index (χ1n) is 12.5. The lowest BCUT2D eigenvalue weighted by Gasteiger charge is -2.15. The van der Waals surface area contributed by atoms with Crippen molar-refractivity contribution in [1.29, 1.82) is 0 Å². The molecule has 1 nitrogen and oxygen atoms in total. The molecule has 0 aromatic heterocycles. The van der Waals surface area contributed by atoms with Gasteiger partial charge < -0.3 is 5.73 Å². The molecule has 0 saturated carbocycles. The molecule has 35 heavy (non-hydrogen) atoms. The average Bonchev–Trinajstić information content (AvgIpc) is 2.90. The Morgan fingerprint density at radius 3 is 2.09 bits per heavy atom. The van der Waals surface area contributed by atoms with E-state index in [0.29, 0.717) is 0 Å². The zero-order valence-corrected chi connectivity index (χ0v) is 20.3. The molecule has 0 bridgehead atoms. The summed E-state index contributed by atoms with van der Waals surface area (Å²) in [6.45, 7) is 4.35. The van der Waals surface area contributed by atoms with Crippen LogP contribution in [0.2, 0.25) is 0 Å². The minimum Gasteiger partial charge on any atom is -0.399 e. The number of unbranched alkanes of at least 4 members (excludes halogenated alkanes) is 1. The Labute approximate surface area is 206 Å². The summed E-state index contributed by atoms with van der Waals surface area (Å²) in [7, 11) is 0. The summed E-state index contributed by atoms with van der Waals surface area (Å²) in [6.07, 6.45) is 4.23. The molecule has 0 unspecified atom stereocenters. The quantitative estimate of drug-likeness (QED) is 0.260. The Balaban J connectivity index is 1.48. The van der Waals surface area contributed by atoms with Gasteiger partial charge in [0.2, 0.25) is 0 Å². The molecule has 2 N–H and O–H groups in total. The van der Waals surface area contributed by atoms with Gasteiger partial charge in [-0.25, -0.2) is 0 Å². The van der Waals surface area contributed by atoms with E-state index in [0.717, 1.165) is 24.1 Å². The molecular formula is C34H29N. The fraction of sp³-hybridized carbons (Fsp3) is 0.118. The number of hydrogen-bond acceptors (Lipinski definition) is 1. The molecule has 6 rings (SSSR count). The molecule has 1 heteroatoms. The van der Waals surface area contributed by atoms with Crippen molar-refractivity contribution in [3.63, 3.8) is 0 Å². The molecule has 6 aromatic rings. The summed E-state index contributed by atoms with van der Waals surface area (Å²) in [5, 5.41) is 7.93. The Hall–Kier alpha value is -4.10. The third-order valence-corrected chi connectivity index (χ3v) is 7.12. The standard InChI is InChI=1S/C34H29N/c1-3-4-8-32(35)24-11-9-23(10-12-24)28-19-22(2)20-29(21-28)30-17-15-27-14-13-25-6-5-7-26-16-18-31(30)34(27)33(25)26/h5-21H,3-4,35H2,1-2H3/b32-8-. The van der Waals surface area contributed by atoms with E-state index >= 15 is 0 Å². The molecule has 6 aromatic carbocycles. The zero-order valence-electron chi connectivity index (χ0n) is 20.3. The fourth-order valence-electron chi connectivity index (χ4n) is 5.37. The van der Waals surface area contributed by atoms with E-state index in [1.54, 1.807) is 0 Å². The lowest BCUT2D eigenvalue weighted by molar-refractivity contribution is 0.958. The lowest BCUT2D eigenvalue weighted by atomic mass is 9.88. The van der Waals surface area contributed by atoms with Crippen LogP contribution in [-0.4, -0.2) is 0 Å². The first-order chi connectivity index (χ1) is 17.1. The summed E-state index contributed by atoms with van der Waals surface area (Å²) in [4.78, 5) is 0. The van der Waals surface area contributed by atoms with Crippen LogP contribution in [0.4, 0.5) is 0 Å². The molecule has 0 amide bonds. The molecule has 0 atom stereocenters. The molecule has 0 aliphatic heterocycles. The maximum atomic E-state index is 6.27. The van der Waals surface area contributed by atoms with Crippen LogP contribution >= 0.6 is 0 Å². The number of aryl methyl sites for hydroxylation is 1. The van der Waals surface area contributed by atoms with Crippen molar-refractivity contribution in [2.75, 3.05) is 0 Å². The van der Waals surface area contributed by atoms with Gasteiger partial charge in [0, 0.05) is 5.70 Å². The molecule has 0 radical (unpaired) electrons. The van der Waals surface area contributed by atoms with Crippen LogP contribution in [0.1, 0.15) is 30.9 Å². The van der Waals surface area contributed by atoms with Crippen LogP contribution in [0.5, 0.6) is 0 Å². The highest BCUT2D eigenvalue weighted by atomic mass is 14.6. The van der Waals surface area contributed by atoms with Crippen LogP contribution < -0.4 is 5.73 Å². The van der Waals surface area contributed by atoms with Gasteiger partial charge in [-0.1, -0.05) is 110 Å². The SMILES string of the molecule is CCC/C=C(\N)c1ccc(-c2cc(C)cc(-c3ccc4ccc5cccc6ccc3c4c56)c2)cc1. The van der Waals surface area contributed by atoms with E-state index in [-0.39, 0.29) is 0 Å². The number of nitrogens with two attached hydrogens (primary N) is 1. The van der Waals surface area contributed by atoms with Crippen molar-refractivity contribution >= 4 is 38.0 Å². The van der Waals surface area contributed by atoms with Crippen LogP contribution in [-0.2, 0) is 0 Å². The van der Waals surface area contributed by atoms with Gasteiger partial charge in [0.1, 0.15) is 0 Å². The number of rotatable bonds is 5. The van der Waals surface area contributed by atoms with Crippen LogP contribution in [0, 0.1) is 6.92 Å². The third kappa shape index (κ3) is 3.74. The smallest absolute Gasteiger partial charge is 0.0347 e. The number of benzene rings is 6. The van der Waals surface area contributed by atoms with Gasteiger partial charge in [-0.15, -0.1) is 0 Å². The zero-order chi connectivity index (χ0) is 23.9. The van der Waals surface area contributed by atoms with Crippen LogP contribution in [0.3, 0.4) is 0 Å². The third-order valence-electron chi connectivity index (χ3n) is 7.12. The summed E-state index contributed by atoms with van der Waals surface area (Å²) >= 11 is 0. The van der Waals surface area contributed by atoms with Crippen LogP contribution in [0.15, 0.2) is 103 Å². The first kappa shape index (κ1) is 21.4. The Kier molecular flexibility index (Phi) is 5.26. The minimum atomic E-state index is 0.858. The van der Waals surface area contributed by atoms with E-state index in [1.165, 1.54) is 60.1 Å². The number of allylic oxidation sites excluding steroid dienone is 1. The van der Waals surface area contributed by atoms with Crippen molar-refractivity contribution < 1.29 is 0 Å². The fourth-order valence-corrected chi connectivity index (χ4v) is 5.37. The van der Waals surface area contributed by atoms with Crippen LogP contribution in [0.25, 0.3) is 60.3 Å². The summed E-state index contributed by atoms with van der Waals surface area (Å²) < 4.78 is 0. The van der Waals surface area contributed by atoms with Gasteiger partial charge >= 0.3 is 0 Å². The van der Waals surface area contributed by atoms with Gasteiger partial charge in [0.05, 0.1) is 0 Å². The molecule has 0 fully saturated rings. The minimum absolute atomic E-state index is 0.858. The van der Waals surface area contributed by atoms with Gasteiger partial charge in [-0.05, 0) is 85.1 Å². The highest BCUT2D eigenvalue weighted by molar-refractivity contribution is 6.25. The maximum Gasteiger partial charge on any atom is 0.0347 e. The van der Waals surface area contributed by atoms with Crippen molar-refractivity contribution in [1.82, 2.24) is 0 Å². The van der Waals surface area contributed by atoms with E-state index < -0.39 is 0 Å². The second kappa shape index (κ2) is 8.60. The highest BCUT2D eigenvalue weighted by Gasteiger charge is 2.13. The molecule has 0 aliphatic carbocycles. The Bertz CT molecular complexity index is 1690. The second-order valence-electron chi connectivity index (χ2n) is 9.58. The molecular weight excluding hydrogens is 422 g/mol. The average molecular weight is 452 g/mol. The van der Waals surface area contributed by atoms with Gasteiger partial charge in [-0.2, -0.15) is 0 Å². The molecule has 0 aliphatic rings. The van der Waals surface area contributed by atoms with Crippen molar-refractivity contribution in [2.45, 2.75) is 26.7 Å². The normalized spacial score (nSPS) is 12.2. The van der Waals surface area contributed by atoms with Crippen molar-refractivity contribution in [3.8, 4) is 22.3 Å². The predicted octanol–water partition coefficient (Wildman–Crippen LogP) is 9.33. The Morgan fingerprint density at radius 1 is 0.686 bits per heavy atom. The van der Waals surface area contributed by atoms with Gasteiger partial charge in [-0.3, -0.25) is 0 Å². The van der Waals surface area contributed by atoms with E-state index in [2.05, 4.69) is 117 Å². The first-order valence-corrected chi connectivity index (χ1v) is 12.5. The second-order valence-corrected chi connectivity index (χ2v) is 9.58. The summed E-state index contributed by atoms with van der Waals surface area (Å²) in [6, 6.07) is 35.7. The van der Waals surface area contributed by atoms with Gasteiger partial charge in [0.25, 0.3) is 0 Å². The number of hydrogen-bond donors (Lipinski definition) is 1. The maximum absolute atomic E-state index is 6.27. The van der Waals surface area contributed by atoms with Crippen molar-refractivity contribution in [2.24, 2.45) is 5.73 Å². The molecule has 0 saturated heterocycles. The van der Waals surface area contributed by atoms with Crippen molar-refractivity contribution in [3.05, 3.63) is 114 Å². The molecule has 0 heterocycles. The Morgan fingerprint density at radius 2 is 1.34 bits per heavy atom. The molecule has 0 spiro atoms. The largest absolute Gasteiger partial charge is 0.399 e. The predicted molar refractivity (Wildman–Crippen MR) is 153 cm³/mol. The van der Waals surface area contributed by atoms with Gasteiger partial charge in [0.15, 0.2) is 0 Å². The highest BCUT2D eigenvalue weighted by Crippen LogP contribution is 2.40. The van der Waals surface area contributed by atoms with E-state index in [4.69, 9.17) is 5.73 Å². The molecule has 170 valence electrons. The summed E-state index contributed by atoms with van der Waals surface area (Å²) in [5.74, 6) is 0. The topological polar surface area (TPSA) is 26.0 Å². The lowest BCUT2D eigenvalue weighted by Crippen LogP contribution is -1.96. The van der Waals surface area contributed by atoms with E-state index in [9.17, 15) is 0 Å². The monoisotopic (exact) mass is 451 g/mol.